The molecule has 0 amide bonds. The molecule has 0 aliphatic heterocycles. The molecule has 20 heavy (non-hydrogen) atoms. The minimum absolute atomic E-state index is 0.0650. The molecule has 12 nitrogen and oxygen atoms in total. The fraction of sp³-hybridized carbons (Fsp3) is 0.833. The zero-order valence-corrected chi connectivity index (χ0v) is 12.3. The molecule has 0 aromatic rings. The van der Waals surface area contributed by atoms with Crippen molar-refractivity contribution in [1.29, 1.82) is 0 Å². The van der Waals surface area contributed by atoms with Crippen molar-refractivity contribution in [2.24, 2.45) is 0 Å². The van der Waals surface area contributed by atoms with Crippen LogP contribution in [-0.2, 0) is 17.7 Å². The zero-order valence-electron chi connectivity index (χ0n) is 9.66. The maximum absolute atomic E-state index is 10.2. The quantitative estimate of drug-likeness (QED) is 0.117. The first-order valence-electron chi connectivity index (χ1n) is 4.60. The van der Waals surface area contributed by atoms with Crippen LogP contribution in [0.2, 0.25) is 0 Å². The Balaban J connectivity index is 0. The van der Waals surface area contributed by atoms with Gasteiger partial charge in [-0.15, -0.1) is 0 Å². The third-order valence-electron chi connectivity index (χ3n) is 1.65. The number of aldehydes is 1. The molecule has 14 heteroatoms. The van der Waals surface area contributed by atoms with Gasteiger partial charge in [-0.25, -0.2) is 4.57 Å². The van der Waals surface area contributed by atoms with Crippen LogP contribution in [0.3, 0.4) is 0 Å². The summed E-state index contributed by atoms with van der Waals surface area (Å²) in [6.45, 7) is -0.964. The monoisotopic (exact) mass is 390 g/mol. The Bertz CT molecular complexity index is 339. The summed E-state index contributed by atoms with van der Waals surface area (Å²) in [5, 5.41) is 36.1. The molecule has 0 aliphatic rings. The second kappa shape index (κ2) is 10.6. The number of phosphoric ester groups is 1. The molecule has 0 saturated heterocycles. The van der Waals surface area contributed by atoms with Gasteiger partial charge in [0.1, 0.15) is 24.4 Å². The van der Waals surface area contributed by atoms with Gasteiger partial charge in [0.2, 0.25) is 0 Å². The van der Waals surface area contributed by atoms with Gasteiger partial charge in [-0.1, -0.05) is 0 Å². The molecule has 0 aliphatic carbocycles. The molecule has 0 fully saturated rings. The number of carbonyl (C=O) groups is 1. The Morgan fingerprint density at radius 2 is 1.50 bits per heavy atom. The van der Waals surface area contributed by atoms with Crippen molar-refractivity contribution in [1.82, 2.24) is 0 Å². The van der Waals surface area contributed by atoms with Gasteiger partial charge in [-0.2, -0.15) is 0 Å². The summed E-state index contributed by atoms with van der Waals surface area (Å²) < 4.78 is 37.2. The summed E-state index contributed by atoms with van der Waals surface area (Å²) in [6.07, 6.45) is -7.80. The second-order valence-corrected chi connectivity index (χ2v) is 5.40. The molecule has 4 atom stereocenters. The molecule has 0 spiro atoms. The summed E-state index contributed by atoms with van der Waals surface area (Å²) in [4.78, 5) is 26.6. The SMILES string of the molecule is O=CC(O)C(O)C(O)C(O)COP(=O)(O)O.O=[Se](O)O. The van der Waals surface area contributed by atoms with Crippen LogP contribution < -0.4 is 0 Å². The Kier molecular flexibility index (Phi) is 11.7. The van der Waals surface area contributed by atoms with Gasteiger partial charge in [0.05, 0.1) is 6.61 Å². The Labute approximate surface area is 116 Å². The standard InChI is InChI=1S/C6H13O9P.H2O3Se/c7-1-3(8)5(10)6(11)4(9)2-15-16(12,13)14;1-4(2)3/h1,3-6,8-11H,2H2,(H2,12,13,14);(H2,1,2,3). The number of carbonyl (C=O) groups excluding carboxylic acids is 1. The number of rotatable bonds is 7. The van der Waals surface area contributed by atoms with Gasteiger partial charge in [0, 0.05) is 0 Å². The van der Waals surface area contributed by atoms with E-state index in [1.54, 1.807) is 0 Å². The number of hydrogen-bond donors (Lipinski definition) is 8. The predicted octanol–water partition coefficient (Wildman–Crippen LogP) is -4.88. The van der Waals surface area contributed by atoms with Crippen LogP contribution in [0, 0.1) is 0 Å². The van der Waals surface area contributed by atoms with E-state index in [2.05, 4.69) is 4.52 Å². The molecule has 0 saturated carbocycles. The van der Waals surface area contributed by atoms with Gasteiger partial charge in [-0.3, -0.25) is 4.52 Å². The van der Waals surface area contributed by atoms with Crippen molar-refractivity contribution in [2.45, 2.75) is 24.4 Å². The fourth-order valence-corrected chi connectivity index (χ4v) is 1.13. The summed E-state index contributed by atoms with van der Waals surface area (Å²) in [7, 11) is -4.80. The van der Waals surface area contributed by atoms with Crippen LogP contribution in [0.25, 0.3) is 0 Å². The van der Waals surface area contributed by atoms with Gasteiger partial charge in [0.25, 0.3) is 0 Å². The first kappa shape index (κ1) is 22.1. The average molecular weight is 389 g/mol. The van der Waals surface area contributed by atoms with Crippen LogP contribution in [0.15, 0.2) is 0 Å². The van der Waals surface area contributed by atoms with Crippen LogP contribution in [0.1, 0.15) is 0 Å². The summed E-state index contributed by atoms with van der Waals surface area (Å²) in [6, 6.07) is 0. The molecule has 122 valence electrons. The van der Waals surface area contributed by atoms with E-state index < -0.39 is 53.3 Å². The van der Waals surface area contributed by atoms with Crippen molar-refractivity contribution in [2.75, 3.05) is 6.61 Å². The van der Waals surface area contributed by atoms with E-state index in [-0.39, 0.29) is 6.29 Å². The molecule has 0 radical (unpaired) electrons. The third kappa shape index (κ3) is 12.9. The minimum atomic E-state index is -4.80. The van der Waals surface area contributed by atoms with Crippen molar-refractivity contribution >= 4 is 28.6 Å². The van der Waals surface area contributed by atoms with Crippen LogP contribution in [-0.4, -0.2) is 90.4 Å². The normalized spacial score (nSPS) is 17.6. The van der Waals surface area contributed by atoms with E-state index in [9.17, 15) is 9.36 Å². The Morgan fingerprint density at radius 1 is 1.10 bits per heavy atom. The number of aliphatic hydroxyl groups excluding tert-OH is 4. The molecule has 4 unspecified atom stereocenters. The van der Waals surface area contributed by atoms with E-state index >= 15 is 0 Å². The molecule has 8 N–H and O–H groups in total. The topological polar surface area (TPSA) is 222 Å². The van der Waals surface area contributed by atoms with E-state index in [1.807, 2.05) is 0 Å². The third-order valence-corrected chi connectivity index (χ3v) is 2.13. The Hall–Kier alpha value is -0.141. The molecule has 0 aromatic carbocycles. The summed E-state index contributed by atoms with van der Waals surface area (Å²) in [5.41, 5.74) is 0. The van der Waals surface area contributed by atoms with Crippen molar-refractivity contribution in [3.63, 3.8) is 0 Å². The van der Waals surface area contributed by atoms with Crippen LogP contribution in [0.5, 0.6) is 0 Å². The van der Waals surface area contributed by atoms with E-state index in [0.29, 0.717) is 0 Å². The maximum atomic E-state index is 10.2. The number of hydrogen-bond acceptors (Lipinski definition) is 8. The van der Waals surface area contributed by atoms with E-state index in [4.69, 9.17) is 42.4 Å². The first-order valence-corrected chi connectivity index (χ1v) is 8.36. The van der Waals surface area contributed by atoms with Crippen molar-refractivity contribution in [3.05, 3.63) is 0 Å². The van der Waals surface area contributed by atoms with E-state index in [0.717, 1.165) is 0 Å². The van der Waals surface area contributed by atoms with Crippen molar-refractivity contribution < 1.29 is 56.3 Å². The van der Waals surface area contributed by atoms with Crippen LogP contribution in [0.4, 0.5) is 0 Å². The van der Waals surface area contributed by atoms with Crippen LogP contribution >= 0.6 is 7.82 Å². The van der Waals surface area contributed by atoms with Crippen molar-refractivity contribution in [3.8, 4) is 0 Å². The number of aliphatic hydroxyl groups is 4. The molecule has 0 bridgehead atoms. The molecule has 0 aromatic heterocycles. The van der Waals surface area contributed by atoms with E-state index in [1.165, 1.54) is 0 Å². The molecule has 0 rings (SSSR count). The van der Waals surface area contributed by atoms with Gasteiger partial charge in [-0.05, 0) is 0 Å². The fourth-order valence-electron chi connectivity index (χ4n) is 0.782. The predicted molar refractivity (Wildman–Crippen MR) is 59.0 cm³/mol. The second-order valence-electron chi connectivity index (χ2n) is 3.19. The van der Waals surface area contributed by atoms with Gasteiger partial charge >= 0.3 is 34.5 Å². The summed E-state index contributed by atoms with van der Waals surface area (Å²) >= 11 is -3.29. The average Bonchev–Trinajstić information content (AvgIpc) is 2.31. The summed E-state index contributed by atoms with van der Waals surface area (Å²) in [5.74, 6) is 0. The number of phosphoric acid groups is 1. The first-order chi connectivity index (χ1) is 8.92. The van der Waals surface area contributed by atoms with Gasteiger partial charge < -0.3 is 35.0 Å². The molecular weight excluding hydrogens is 374 g/mol. The van der Waals surface area contributed by atoms with Gasteiger partial charge in [0.15, 0.2) is 6.29 Å². The Morgan fingerprint density at radius 3 is 1.80 bits per heavy atom. The zero-order chi connectivity index (χ0) is 16.5. The molecule has 0 heterocycles. The molecular formula is C6H15O12PSe.